The van der Waals surface area contributed by atoms with Gasteiger partial charge in [-0.25, -0.2) is 0 Å². The first-order valence-corrected chi connectivity index (χ1v) is 11.7. The van der Waals surface area contributed by atoms with Gasteiger partial charge in [0.1, 0.15) is 0 Å². The average Bonchev–Trinajstić information content (AvgIpc) is 3.04. The van der Waals surface area contributed by atoms with Crippen molar-refractivity contribution in [3.8, 4) is 11.5 Å². The predicted molar refractivity (Wildman–Crippen MR) is 125 cm³/mol. The van der Waals surface area contributed by atoms with Gasteiger partial charge in [0, 0.05) is 16.4 Å². The van der Waals surface area contributed by atoms with Crippen molar-refractivity contribution in [2.45, 2.75) is 46.0 Å². The van der Waals surface area contributed by atoms with Crippen molar-refractivity contribution in [3.05, 3.63) is 53.1 Å². The first-order chi connectivity index (χ1) is 15.3. The molecule has 1 aromatic rings. The summed E-state index contributed by atoms with van der Waals surface area (Å²) in [6.07, 6.45) is 12.6. The minimum atomic E-state index is -0.301. The highest BCUT2D eigenvalue weighted by Gasteiger charge is 2.59. The fourth-order valence-corrected chi connectivity index (χ4v) is 7.21. The molecule has 5 atom stereocenters. The molecule has 0 N–H and O–H groups in total. The molecule has 3 fully saturated rings. The van der Waals surface area contributed by atoms with Gasteiger partial charge in [-0.1, -0.05) is 37.6 Å². The van der Waals surface area contributed by atoms with Gasteiger partial charge in [0.2, 0.25) is 0 Å². The number of carbonyl (C=O) groups excluding carboxylic acids is 2. The van der Waals surface area contributed by atoms with Crippen LogP contribution in [0.25, 0.3) is 6.08 Å². The number of Topliss-reactive ketones (excluding diaryl/α,β-unsaturated/α-hetero) is 1. The highest BCUT2D eigenvalue weighted by molar-refractivity contribution is 6.06. The van der Waals surface area contributed by atoms with E-state index in [-0.39, 0.29) is 16.6 Å². The largest absolute Gasteiger partial charge is 0.493 e. The summed E-state index contributed by atoms with van der Waals surface area (Å²) in [6.45, 7) is 4.49. The van der Waals surface area contributed by atoms with Crippen LogP contribution in [0, 0.1) is 28.6 Å². The minimum Gasteiger partial charge on any atom is -0.493 e. The third-order valence-electron chi connectivity index (χ3n) is 8.96. The molecule has 0 amide bonds. The maximum Gasteiger partial charge on any atom is 0.178 e. The van der Waals surface area contributed by atoms with Gasteiger partial charge in [0.15, 0.2) is 23.1 Å². The van der Waals surface area contributed by atoms with Gasteiger partial charge in [-0.3, -0.25) is 9.59 Å². The van der Waals surface area contributed by atoms with E-state index >= 15 is 0 Å². The number of methoxy groups -OCH3 is 2. The molecule has 0 saturated heterocycles. The summed E-state index contributed by atoms with van der Waals surface area (Å²) in [5, 5.41) is 0. The summed E-state index contributed by atoms with van der Waals surface area (Å²) in [5.74, 6) is 3.09. The number of fused-ring (bicyclic) bond motifs is 5. The zero-order valence-corrected chi connectivity index (χ0v) is 19.4. The van der Waals surface area contributed by atoms with Crippen LogP contribution in [0.1, 0.15) is 51.5 Å². The molecule has 32 heavy (non-hydrogen) atoms. The summed E-state index contributed by atoms with van der Waals surface area (Å²) < 4.78 is 11.0. The van der Waals surface area contributed by atoms with Crippen LogP contribution in [0.3, 0.4) is 0 Å². The van der Waals surface area contributed by atoms with E-state index in [0.717, 1.165) is 43.2 Å². The van der Waals surface area contributed by atoms with Crippen molar-refractivity contribution in [1.82, 2.24) is 0 Å². The van der Waals surface area contributed by atoms with E-state index < -0.39 is 0 Å². The summed E-state index contributed by atoms with van der Waals surface area (Å²) >= 11 is 0. The van der Waals surface area contributed by atoms with Gasteiger partial charge in [0.25, 0.3) is 0 Å². The van der Waals surface area contributed by atoms with Crippen molar-refractivity contribution in [1.29, 1.82) is 0 Å². The molecule has 4 aliphatic rings. The molecule has 0 heterocycles. The Hall–Kier alpha value is -2.62. The molecule has 1 aromatic carbocycles. The normalized spacial score (nSPS) is 36.9. The monoisotopic (exact) mass is 432 g/mol. The van der Waals surface area contributed by atoms with Crippen molar-refractivity contribution in [2.24, 2.45) is 28.6 Å². The molecule has 0 bridgehead atoms. The van der Waals surface area contributed by atoms with Crippen LogP contribution in [-0.4, -0.2) is 25.8 Å². The summed E-state index contributed by atoms with van der Waals surface area (Å²) in [5.41, 5.74) is 2.74. The third-order valence-corrected chi connectivity index (χ3v) is 8.96. The fraction of sp³-hybridized carbons (Fsp3) is 0.500. The molecule has 0 aliphatic heterocycles. The molecular weight excluding hydrogens is 400 g/mol. The van der Waals surface area contributed by atoms with Crippen LogP contribution >= 0.6 is 0 Å². The highest BCUT2D eigenvalue weighted by Crippen LogP contribution is 2.64. The van der Waals surface area contributed by atoms with Crippen LogP contribution in [0.2, 0.25) is 0 Å². The quantitative estimate of drug-likeness (QED) is 0.586. The van der Waals surface area contributed by atoms with Crippen molar-refractivity contribution in [3.63, 3.8) is 0 Å². The number of allylic oxidation sites excluding steroid dienone is 5. The number of rotatable bonds is 3. The van der Waals surface area contributed by atoms with Crippen LogP contribution in [0.15, 0.2) is 47.6 Å². The topological polar surface area (TPSA) is 52.6 Å². The van der Waals surface area contributed by atoms with Crippen LogP contribution < -0.4 is 9.47 Å². The molecule has 4 nitrogen and oxygen atoms in total. The van der Waals surface area contributed by atoms with Crippen LogP contribution in [0.5, 0.6) is 11.5 Å². The Kier molecular flexibility index (Phi) is 4.96. The molecule has 3 saturated carbocycles. The summed E-state index contributed by atoms with van der Waals surface area (Å²) in [7, 11) is 3.27. The van der Waals surface area contributed by atoms with Crippen LogP contribution in [0.4, 0.5) is 0 Å². The molecule has 0 spiro atoms. The molecule has 0 radical (unpaired) electrons. The number of para-hydroxylation sites is 1. The lowest BCUT2D eigenvalue weighted by Gasteiger charge is -2.55. The SMILES string of the molecule is COc1cccc(C=C2C[C@H]3[C@@H]4CCC5=CC(=O)C=C[C@]5(C)[C@H]4CC[C@]3(C)C2=O)c1OC. The molecule has 0 aromatic heterocycles. The maximum atomic E-state index is 13.7. The Morgan fingerprint density at radius 2 is 1.88 bits per heavy atom. The lowest BCUT2D eigenvalue weighted by Crippen LogP contribution is -2.49. The Labute approximate surface area is 190 Å². The molecule has 4 aliphatic carbocycles. The van der Waals surface area contributed by atoms with E-state index in [9.17, 15) is 9.59 Å². The average molecular weight is 433 g/mol. The molecule has 168 valence electrons. The van der Waals surface area contributed by atoms with Gasteiger partial charge in [0.05, 0.1) is 14.2 Å². The van der Waals surface area contributed by atoms with Gasteiger partial charge in [-0.05, 0) is 79.7 Å². The fourth-order valence-electron chi connectivity index (χ4n) is 7.21. The first kappa shape index (κ1) is 21.2. The number of hydrogen-bond donors (Lipinski definition) is 0. The van der Waals surface area contributed by atoms with E-state index in [0.29, 0.717) is 35.0 Å². The van der Waals surface area contributed by atoms with E-state index in [1.54, 1.807) is 20.3 Å². The molecular formula is C28H32O4. The zero-order valence-electron chi connectivity index (χ0n) is 19.4. The Morgan fingerprint density at radius 1 is 1.06 bits per heavy atom. The first-order valence-electron chi connectivity index (χ1n) is 11.7. The smallest absolute Gasteiger partial charge is 0.178 e. The second kappa shape index (κ2) is 7.47. The highest BCUT2D eigenvalue weighted by atomic mass is 16.5. The molecule has 4 heteroatoms. The Morgan fingerprint density at radius 3 is 2.62 bits per heavy atom. The Bertz CT molecular complexity index is 1080. The second-order valence-corrected chi connectivity index (χ2v) is 10.3. The number of carbonyl (C=O) groups is 2. The van der Waals surface area contributed by atoms with Gasteiger partial charge < -0.3 is 9.47 Å². The number of hydrogen-bond acceptors (Lipinski definition) is 4. The summed E-state index contributed by atoms with van der Waals surface area (Å²) in [4.78, 5) is 25.7. The predicted octanol–water partition coefficient (Wildman–Crippen LogP) is 5.57. The standard InChI is InChI=1S/C28H32O4/c1-27-12-10-20(29)16-19(27)8-9-21-22(27)11-13-28(2)23(21)15-18(26(28)30)14-17-6-5-7-24(31-3)25(17)32-4/h5-7,10,12,14,16,21-23H,8-9,11,13,15H2,1-4H3/t21-,22+,23+,27+,28+/m1/s1. The van der Waals surface area contributed by atoms with Gasteiger partial charge in [-0.2, -0.15) is 0 Å². The lowest BCUT2D eigenvalue weighted by molar-refractivity contribution is -0.129. The third kappa shape index (κ3) is 2.95. The van der Waals surface area contributed by atoms with E-state index in [2.05, 4.69) is 19.9 Å². The lowest BCUT2D eigenvalue weighted by atomic mass is 9.48. The Balaban J connectivity index is 1.50. The van der Waals surface area contributed by atoms with E-state index in [1.807, 2.05) is 30.4 Å². The molecule has 0 unspecified atom stereocenters. The number of benzene rings is 1. The molecule has 5 rings (SSSR count). The second-order valence-electron chi connectivity index (χ2n) is 10.3. The van der Waals surface area contributed by atoms with E-state index in [4.69, 9.17) is 9.47 Å². The van der Waals surface area contributed by atoms with Gasteiger partial charge >= 0.3 is 0 Å². The van der Waals surface area contributed by atoms with Crippen LogP contribution in [-0.2, 0) is 9.59 Å². The maximum absolute atomic E-state index is 13.7. The zero-order chi connectivity index (χ0) is 22.7. The van der Waals surface area contributed by atoms with Gasteiger partial charge in [-0.15, -0.1) is 0 Å². The summed E-state index contributed by atoms with van der Waals surface area (Å²) in [6, 6.07) is 5.79. The van der Waals surface area contributed by atoms with Crippen molar-refractivity contribution >= 4 is 17.6 Å². The number of ether oxygens (including phenoxy) is 2. The number of ketones is 2. The van der Waals surface area contributed by atoms with Crippen molar-refractivity contribution < 1.29 is 19.1 Å². The minimum absolute atomic E-state index is 0.0519. The van der Waals surface area contributed by atoms with E-state index in [1.165, 1.54) is 5.57 Å². The van der Waals surface area contributed by atoms with Crippen molar-refractivity contribution in [2.75, 3.05) is 14.2 Å².